The van der Waals surface area contributed by atoms with Gasteiger partial charge in [0.15, 0.2) is 0 Å². The van der Waals surface area contributed by atoms with Gasteiger partial charge in [-0.25, -0.2) is 12.9 Å². The molecule has 23 heavy (non-hydrogen) atoms. The van der Waals surface area contributed by atoms with Gasteiger partial charge in [0, 0.05) is 142 Å². The molecule has 2 aliphatic heterocycles. The lowest BCUT2D eigenvalue weighted by atomic mass is 10.3. The Morgan fingerprint density at radius 3 is 0.870 bits per heavy atom. The Balaban J connectivity index is 2.03. The van der Waals surface area contributed by atoms with Crippen molar-refractivity contribution in [2.45, 2.75) is 0 Å². The molecule has 0 N–H and O–H groups in total. The molecule has 136 valence electrons. The fourth-order valence-electron chi connectivity index (χ4n) is 2.73. The van der Waals surface area contributed by atoms with Crippen LogP contribution >= 0.6 is 91.0 Å². The largest absolute Gasteiger partial charge is 0.299 e. The molecule has 2 heterocycles. The Bertz CT molecular complexity index is 306. The predicted octanol–water partition coefficient (Wildman–Crippen LogP) is 3.52. The van der Waals surface area contributed by atoms with E-state index < -0.39 is 0 Å². The van der Waals surface area contributed by atoms with Crippen molar-refractivity contribution in [2.24, 2.45) is 0 Å². The van der Waals surface area contributed by atoms with Gasteiger partial charge in [-0.05, 0) is 27.4 Å². The zero-order chi connectivity index (χ0) is 16.5. The van der Waals surface area contributed by atoms with Crippen LogP contribution in [-0.2, 0) is 0 Å². The van der Waals surface area contributed by atoms with Crippen molar-refractivity contribution in [3.8, 4) is 0 Å². The molecule has 0 radical (unpaired) electrons. The van der Waals surface area contributed by atoms with E-state index in [2.05, 4.69) is 86.3 Å². The van der Waals surface area contributed by atoms with Crippen LogP contribution < -0.4 is 0 Å². The number of nitrogens with zero attached hydrogens (tertiary/aromatic N) is 5. The van der Waals surface area contributed by atoms with Crippen LogP contribution in [0.3, 0.4) is 0 Å². The molecule has 2 saturated heterocycles. The molecule has 2 aliphatic rings. The van der Waals surface area contributed by atoms with E-state index in [-0.39, 0.29) is 0 Å². The maximum Gasteiger partial charge on any atom is 0.0235 e. The maximum absolute atomic E-state index is 2.66. The van der Waals surface area contributed by atoms with Gasteiger partial charge in [0.05, 0.1) is 0 Å². The van der Waals surface area contributed by atoms with Crippen LogP contribution in [0.5, 0.6) is 0 Å². The standard InChI is InChI=1S/C12H24I3N5S3/c13-21-18-7-3-16-1-2-17(4-8-18)6-10-20(23-15)12-11-19(22-14)9-5-16/h1-12H2. The van der Waals surface area contributed by atoms with Gasteiger partial charge in [-0.3, -0.25) is 9.80 Å². The first-order valence-corrected chi connectivity index (χ1v) is 17.8. The van der Waals surface area contributed by atoms with E-state index in [0.717, 1.165) is 26.2 Å². The summed E-state index contributed by atoms with van der Waals surface area (Å²) in [5.41, 5.74) is 0. The van der Waals surface area contributed by atoms with Crippen molar-refractivity contribution in [2.75, 3.05) is 78.5 Å². The summed E-state index contributed by atoms with van der Waals surface area (Å²) in [6.07, 6.45) is 0. The molecule has 0 saturated carbocycles. The van der Waals surface area contributed by atoms with Crippen molar-refractivity contribution < 1.29 is 0 Å². The van der Waals surface area contributed by atoms with E-state index >= 15 is 0 Å². The lowest BCUT2D eigenvalue weighted by Gasteiger charge is -2.31. The zero-order valence-electron chi connectivity index (χ0n) is 13.1. The van der Waals surface area contributed by atoms with E-state index in [1.807, 2.05) is 27.4 Å². The third-order valence-corrected chi connectivity index (χ3v) is 11.0. The Morgan fingerprint density at radius 1 is 0.391 bits per heavy atom. The monoisotopic (exact) mass is 715 g/mol. The number of hydrogen-bond donors (Lipinski definition) is 0. The smallest absolute Gasteiger partial charge is 0.0235 e. The van der Waals surface area contributed by atoms with Crippen LogP contribution in [0, 0.1) is 0 Å². The van der Waals surface area contributed by atoms with Gasteiger partial charge < -0.3 is 0 Å². The summed E-state index contributed by atoms with van der Waals surface area (Å²) < 4.78 is 7.54. The highest BCUT2D eigenvalue weighted by Gasteiger charge is 2.19. The van der Waals surface area contributed by atoms with Gasteiger partial charge >= 0.3 is 0 Å². The van der Waals surface area contributed by atoms with E-state index in [4.69, 9.17) is 0 Å². The first-order chi connectivity index (χ1) is 11.2. The van der Waals surface area contributed by atoms with E-state index in [0.29, 0.717) is 0 Å². The summed E-state index contributed by atoms with van der Waals surface area (Å²) in [5.74, 6) is 0. The molecule has 0 aromatic carbocycles. The molecule has 11 heteroatoms. The minimum Gasteiger partial charge on any atom is -0.299 e. The average Bonchev–Trinajstić information content (AvgIpc) is 2.66. The third kappa shape index (κ3) is 8.72. The Hall–Kier alpha value is 3.04. The van der Waals surface area contributed by atoms with Gasteiger partial charge in [-0.1, -0.05) is 0 Å². The summed E-state index contributed by atoms with van der Waals surface area (Å²) in [7, 11) is 5.60. The molecule has 5 nitrogen and oxygen atoms in total. The SMILES string of the molecule is ISN1CCN2CCN(CC1)CCN(SI)CCN(SI)CC2. The van der Waals surface area contributed by atoms with E-state index in [1.165, 1.54) is 52.4 Å². The fourth-order valence-corrected chi connectivity index (χ4v) is 7.18. The minimum absolute atomic E-state index is 1.15. The Morgan fingerprint density at radius 2 is 0.609 bits per heavy atom. The fraction of sp³-hybridized carbons (Fsp3) is 1.00. The number of hydrogen-bond acceptors (Lipinski definition) is 8. The molecular weight excluding hydrogens is 691 g/mol. The van der Waals surface area contributed by atoms with Crippen molar-refractivity contribution in [3.63, 3.8) is 0 Å². The third-order valence-electron chi connectivity index (χ3n) is 4.29. The molecule has 2 rings (SSSR count). The summed E-state index contributed by atoms with van der Waals surface area (Å²) in [6.45, 7) is 14.1. The van der Waals surface area contributed by atoms with Gasteiger partial charge in [0.2, 0.25) is 0 Å². The second kappa shape index (κ2) is 13.3. The predicted molar refractivity (Wildman–Crippen MR) is 132 cm³/mol. The summed E-state index contributed by atoms with van der Waals surface area (Å²) in [5, 5.41) is 0. The Kier molecular flexibility index (Phi) is 12.9. The molecule has 2 unspecified atom stereocenters. The molecule has 0 aromatic heterocycles. The van der Waals surface area contributed by atoms with Gasteiger partial charge in [-0.2, -0.15) is 0 Å². The zero-order valence-corrected chi connectivity index (χ0v) is 22.0. The number of rotatable bonds is 3. The Labute approximate surface area is 189 Å². The molecular formula is C12H24I3N5S3. The van der Waals surface area contributed by atoms with Gasteiger partial charge in [-0.15, -0.1) is 0 Å². The van der Waals surface area contributed by atoms with Gasteiger partial charge in [0.1, 0.15) is 0 Å². The van der Waals surface area contributed by atoms with Crippen molar-refractivity contribution in [3.05, 3.63) is 0 Å². The molecule has 0 aliphatic carbocycles. The lowest BCUT2D eigenvalue weighted by molar-refractivity contribution is 0.196. The first kappa shape index (κ1) is 22.3. The molecule has 0 amide bonds. The van der Waals surface area contributed by atoms with Crippen LogP contribution in [-0.4, -0.2) is 101 Å². The molecule has 2 fully saturated rings. The molecule has 2 atom stereocenters. The second-order valence-corrected chi connectivity index (χ2v) is 11.2. The summed E-state index contributed by atoms with van der Waals surface area (Å²) in [4.78, 5) is 5.31. The van der Waals surface area contributed by atoms with Crippen LogP contribution in [0.25, 0.3) is 0 Å². The molecule has 0 spiro atoms. The molecule has 0 aromatic rings. The van der Waals surface area contributed by atoms with Crippen LogP contribution in [0.15, 0.2) is 0 Å². The second-order valence-electron chi connectivity index (χ2n) is 5.68. The number of halogens is 3. The average molecular weight is 715 g/mol. The van der Waals surface area contributed by atoms with Crippen molar-refractivity contribution >= 4 is 91.0 Å². The minimum atomic E-state index is 1.15. The molecule has 2 bridgehead atoms. The lowest BCUT2D eigenvalue weighted by Crippen LogP contribution is -2.43. The first-order valence-electron chi connectivity index (χ1n) is 7.81. The van der Waals surface area contributed by atoms with Gasteiger partial charge in [0.25, 0.3) is 0 Å². The normalized spacial score (nSPS) is 30.9. The van der Waals surface area contributed by atoms with Crippen molar-refractivity contribution in [1.29, 1.82) is 0 Å². The highest BCUT2D eigenvalue weighted by molar-refractivity contribution is 14.2. The van der Waals surface area contributed by atoms with Crippen molar-refractivity contribution in [1.82, 2.24) is 22.7 Å². The van der Waals surface area contributed by atoms with E-state index in [9.17, 15) is 0 Å². The summed E-state index contributed by atoms with van der Waals surface area (Å²) >= 11 is 7.29. The highest BCUT2D eigenvalue weighted by Crippen LogP contribution is 2.23. The maximum atomic E-state index is 2.66. The van der Waals surface area contributed by atoms with Crippen LogP contribution in [0.4, 0.5) is 0 Å². The van der Waals surface area contributed by atoms with Crippen LogP contribution in [0.2, 0.25) is 0 Å². The summed E-state index contributed by atoms with van der Waals surface area (Å²) in [6, 6.07) is 0. The van der Waals surface area contributed by atoms with Crippen LogP contribution in [0.1, 0.15) is 0 Å². The highest BCUT2D eigenvalue weighted by atomic mass is 127. The number of fused-ring (bicyclic) bond motifs is 3. The van der Waals surface area contributed by atoms with E-state index in [1.54, 1.807) is 0 Å². The topological polar surface area (TPSA) is 16.2 Å². The quantitative estimate of drug-likeness (QED) is 0.323.